The highest BCUT2D eigenvalue weighted by Crippen LogP contribution is 2.15. The van der Waals surface area contributed by atoms with Gasteiger partial charge in [-0.15, -0.1) is 0 Å². The van der Waals surface area contributed by atoms with Crippen LogP contribution >= 0.6 is 11.6 Å². The first kappa shape index (κ1) is 18.7. The molecule has 0 spiro atoms. The van der Waals surface area contributed by atoms with Crippen LogP contribution in [0, 0.1) is 6.92 Å². The van der Waals surface area contributed by atoms with Gasteiger partial charge in [-0.05, 0) is 55.0 Å². The third kappa shape index (κ3) is 5.19. The molecule has 4 nitrogen and oxygen atoms in total. The van der Waals surface area contributed by atoms with Gasteiger partial charge in [0.1, 0.15) is 0 Å². The first-order chi connectivity index (χ1) is 13.0. The number of hydrogen-bond donors (Lipinski definition) is 2. The van der Waals surface area contributed by atoms with Gasteiger partial charge in [0.15, 0.2) is 0 Å². The maximum atomic E-state index is 12.4. The Morgan fingerprint density at radius 1 is 0.852 bits per heavy atom. The van der Waals surface area contributed by atoms with Crippen LogP contribution in [0.2, 0.25) is 5.02 Å². The molecule has 27 heavy (non-hydrogen) atoms. The number of benzene rings is 3. The number of rotatable bonds is 5. The molecule has 0 atom stereocenters. The molecule has 5 heteroatoms. The predicted molar refractivity (Wildman–Crippen MR) is 108 cm³/mol. The van der Waals surface area contributed by atoms with Crippen molar-refractivity contribution in [3.05, 3.63) is 100 Å². The Labute approximate surface area is 163 Å². The number of carbonyl (C=O) groups is 2. The highest BCUT2D eigenvalue weighted by molar-refractivity contribution is 6.30. The van der Waals surface area contributed by atoms with Crippen LogP contribution in [0.15, 0.2) is 72.8 Å². The molecule has 3 aromatic carbocycles. The highest BCUT2D eigenvalue weighted by atomic mass is 35.5. The molecule has 0 fully saturated rings. The van der Waals surface area contributed by atoms with Crippen molar-refractivity contribution in [2.45, 2.75) is 13.5 Å². The molecular weight excluding hydrogens is 360 g/mol. The molecular formula is C22H19ClN2O2. The van der Waals surface area contributed by atoms with Gasteiger partial charge in [0, 0.05) is 28.4 Å². The topological polar surface area (TPSA) is 58.2 Å². The van der Waals surface area contributed by atoms with E-state index in [1.54, 1.807) is 48.5 Å². The second-order valence-corrected chi connectivity index (χ2v) is 6.65. The van der Waals surface area contributed by atoms with E-state index >= 15 is 0 Å². The molecule has 0 heterocycles. The normalized spacial score (nSPS) is 10.3. The summed E-state index contributed by atoms with van der Waals surface area (Å²) in [6, 6.07) is 21.4. The van der Waals surface area contributed by atoms with Crippen LogP contribution in [0.1, 0.15) is 31.8 Å². The first-order valence-electron chi connectivity index (χ1n) is 8.52. The molecule has 0 aliphatic heterocycles. The van der Waals surface area contributed by atoms with Crippen LogP contribution in [0.5, 0.6) is 0 Å². The van der Waals surface area contributed by atoms with E-state index in [4.69, 9.17) is 11.6 Å². The quantitative estimate of drug-likeness (QED) is 0.668. The summed E-state index contributed by atoms with van der Waals surface area (Å²) in [5.74, 6) is -0.511. The summed E-state index contributed by atoms with van der Waals surface area (Å²) in [7, 11) is 0. The van der Waals surface area contributed by atoms with Crippen LogP contribution < -0.4 is 10.6 Å². The standard InChI is InChI=1S/C22H19ClN2O2/c1-15-4-2-5-16(12-15)14-24-21(26)17-6-3-7-18(13-17)22(27)25-20-10-8-19(23)9-11-20/h2-13H,14H2,1H3,(H,24,26)(H,25,27). The molecule has 0 bridgehead atoms. The van der Waals surface area contributed by atoms with Crippen LogP contribution in [-0.2, 0) is 6.54 Å². The highest BCUT2D eigenvalue weighted by Gasteiger charge is 2.11. The predicted octanol–water partition coefficient (Wildman–Crippen LogP) is 4.83. The van der Waals surface area contributed by atoms with Crippen molar-refractivity contribution in [3.8, 4) is 0 Å². The number of aryl methyl sites for hydroxylation is 1. The van der Waals surface area contributed by atoms with Gasteiger partial charge in [0.2, 0.25) is 0 Å². The van der Waals surface area contributed by atoms with Crippen molar-refractivity contribution in [1.82, 2.24) is 5.32 Å². The fourth-order valence-electron chi connectivity index (χ4n) is 2.64. The van der Waals surface area contributed by atoms with Crippen molar-refractivity contribution in [1.29, 1.82) is 0 Å². The van der Waals surface area contributed by atoms with Gasteiger partial charge >= 0.3 is 0 Å². The number of amides is 2. The molecule has 2 amide bonds. The number of nitrogens with one attached hydrogen (secondary N) is 2. The van der Waals surface area contributed by atoms with Crippen molar-refractivity contribution in [2.75, 3.05) is 5.32 Å². The van der Waals surface area contributed by atoms with E-state index in [0.29, 0.717) is 28.4 Å². The summed E-state index contributed by atoms with van der Waals surface area (Å²) >= 11 is 5.85. The lowest BCUT2D eigenvalue weighted by Crippen LogP contribution is -2.23. The van der Waals surface area contributed by atoms with Gasteiger partial charge in [0.05, 0.1) is 0 Å². The van der Waals surface area contributed by atoms with E-state index in [1.807, 2.05) is 31.2 Å². The molecule has 2 N–H and O–H groups in total. The lowest BCUT2D eigenvalue weighted by atomic mass is 10.1. The van der Waals surface area contributed by atoms with E-state index in [1.165, 1.54) is 0 Å². The summed E-state index contributed by atoms with van der Waals surface area (Å²) < 4.78 is 0. The van der Waals surface area contributed by atoms with Crippen molar-refractivity contribution in [2.24, 2.45) is 0 Å². The largest absolute Gasteiger partial charge is 0.348 e. The summed E-state index contributed by atoms with van der Waals surface area (Å²) in [5.41, 5.74) is 3.65. The summed E-state index contributed by atoms with van der Waals surface area (Å²) in [6.45, 7) is 2.44. The van der Waals surface area contributed by atoms with Crippen LogP contribution in [0.25, 0.3) is 0 Å². The zero-order chi connectivity index (χ0) is 19.2. The second-order valence-electron chi connectivity index (χ2n) is 6.21. The Bertz CT molecular complexity index is 968. The van der Waals surface area contributed by atoms with Gasteiger partial charge < -0.3 is 10.6 Å². The number of hydrogen-bond acceptors (Lipinski definition) is 2. The molecule has 3 rings (SSSR count). The SMILES string of the molecule is Cc1cccc(CNC(=O)c2cccc(C(=O)Nc3ccc(Cl)cc3)c2)c1. The maximum absolute atomic E-state index is 12.4. The molecule has 136 valence electrons. The van der Waals surface area contributed by atoms with E-state index in [-0.39, 0.29) is 11.8 Å². The van der Waals surface area contributed by atoms with E-state index < -0.39 is 0 Å². The smallest absolute Gasteiger partial charge is 0.255 e. The molecule has 0 unspecified atom stereocenters. The van der Waals surface area contributed by atoms with Crippen LogP contribution in [-0.4, -0.2) is 11.8 Å². The first-order valence-corrected chi connectivity index (χ1v) is 8.90. The van der Waals surface area contributed by atoms with Crippen molar-refractivity contribution >= 4 is 29.1 Å². The Hall–Kier alpha value is -3.11. The number of anilines is 1. The van der Waals surface area contributed by atoms with Gasteiger partial charge in [0.25, 0.3) is 11.8 Å². The second kappa shape index (κ2) is 8.52. The number of carbonyl (C=O) groups excluding carboxylic acids is 2. The van der Waals surface area contributed by atoms with E-state index in [2.05, 4.69) is 10.6 Å². The Balaban J connectivity index is 1.66. The van der Waals surface area contributed by atoms with Crippen molar-refractivity contribution < 1.29 is 9.59 Å². The third-order valence-corrected chi connectivity index (χ3v) is 4.28. The molecule has 0 radical (unpaired) electrons. The van der Waals surface area contributed by atoms with Gasteiger partial charge in [-0.25, -0.2) is 0 Å². The molecule has 0 aliphatic rings. The fraction of sp³-hybridized carbons (Fsp3) is 0.0909. The maximum Gasteiger partial charge on any atom is 0.255 e. The summed E-state index contributed by atoms with van der Waals surface area (Å²) in [4.78, 5) is 24.8. The average molecular weight is 379 g/mol. The monoisotopic (exact) mass is 378 g/mol. The number of halogens is 1. The zero-order valence-corrected chi connectivity index (χ0v) is 15.6. The van der Waals surface area contributed by atoms with Gasteiger partial charge in [-0.3, -0.25) is 9.59 Å². The molecule has 0 aromatic heterocycles. The zero-order valence-electron chi connectivity index (χ0n) is 14.8. The van der Waals surface area contributed by atoms with Crippen LogP contribution in [0.4, 0.5) is 5.69 Å². The average Bonchev–Trinajstić information content (AvgIpc) is 2.68. The van der Waals surface area contributed by atoms with Gasteiger partial charge in [-0.1, -0.05) is 47.5 Å². The molecule has 0 saturated heterocycles. The molecule has 0 aliphatic carbocycles. The Kier molecular flexibility index (Phi) is 5.89. The Morgan fingerprint density at radius 3 is 2.22 bits per heavy atom. The minimum Gasteiger partial charge on any atom is -0.348 e. The lowest BCUT2D eigenvalue weighted by Gasteiger charge is -2.09. The third-order valence-electron chi connectivity index (χ3n) is 4.02. The van der Waals surface area contributed by atoms with Gasteiger partial charge in [-0.2, -0.15) is 0 Å². The summed E-state index contributed by atoms with van der Waals surface area (Å²) in [5, 5.41) is 6.26. The Morgan fingerprint density at radius 2 is 1.52 bits per heavy atom. The fourth-order valence-corrected chi connectivity index (χ4v) is 2.77. The van der Waals surface area contributed by atoms with E-state index in [9.17, 15) is 9.59 Å². The summed E-state index contributed by atoms with van der Waals surface area (Å²) in [6.07, 6.45) is 0. The minimum atomic E-state index is -0.286. The molecule has 3 aromatic rings. The van der Waals surface area contributed by atoms with Crippen molar-refractivity contribution in [3.63, 3.8) is 0 Å². The molecule has 0 saturated carbocycles. The lowest BCUT2D eigenvalue weighted by molar-refractivity contribution is 0.0951. The minimum absolute atomic E-state index is 0.224. The van der Waals surface area contributed by atoms with E-state index in [0.717, 1.165) is 11.1 Å². The van der Waals surface area contributed by atoms with Crippen LogP contribution in [0.3, 0.4) is 0 Å².